The molecule has 4 aromatic rings. The van der Waals surface area contributed by atoms with Gasteiger partial charge in [-0.05, 0) is 34.7 Å². The lowest BCUT2D eigenvalue weighted by atomic mass is 9.87. The molecule has 6 heteroatoms. The predicted molar refractivity (Wildman–Crippen MR) is 107 cm³/mol. The average Bonchev–Trinajstić information content (AvgIpc) is 3.25. The Morgan fingerprint density at radius 1 is 1.18 bits per heavy atom. The number of nitrogens with one attached hydrogen (secondary N) is 1. The first-order valence-electron chi connectivity index (χ1n) is 9.04. The molecule has 0 saturated heterocycles. The molecular formula is C22H20N4O2. The van der Waals surface area contributed by atoms with Crippen molar-refractivity contribution in [1.29, 1.82) is 5.26 Å². The molecule has 0 bridgehead atoms. The van der Waals surface area contributed by atoms with Gasteiger partial charge in [0.2, 0.25) is 0 Å². The van der Waals surface area contributed by atoms with Crippen molar-refractivity contribution in [2.75, 3.05) is 0 Å². The van der Waals surface area contributed by atoms with E-state index in [1.54, 1.807) is 0 Å². The Hall–Kier alpha value is -3.59. The van der Waals surface area contributed by atoms with Gasteiger partial charge in [0.05, 0.1) is 5.56 Å². The number of rotatable bonds is 3. The molecule has 0 aliphatic rings. The molecule has 6 nitrogen and oxygen atoms in total. The Kier molecular flexibility index (Phi) is 4.16. The molecule has 0 saturated carbocycles. The first-order chi connectivity index (χ1) is 13.3. The lowest BCUT2D eigenvalue weighted by Gasteiger charge is -2.19. The van der Waals surface area contributed by atoms with E-state index >= 15 is 0 Å². The quantitative estimate of drug-likeness (QED) is 0.584. The maximum absolute atomic E-state index is 11.2. The Morgan fingerprint density at radius 2 is 1.93 bits per heavy atom. The summed E-state index contributed by atoms with van der Waals surface area (Å²) in [7, 11) is 0. The largest absolute Gasteiger partial charge is 0.439 e. The first-order valence-corrected chi connectivity index (χ1v) is 9.04. The predicted octanol–water partition coefficient (Wildman–Crippen LogP) is 4.20. The highest BCUT2D eigenvalue weighted by molar-refractivity contribution is 5.89. The van der Waals surface area contributed by atoms with Crippen molar-refractivity contribution in [2.24, 2.45) is 0 Å². The number of nitriles is 1. The third kappa shape index (κ3) is 3.23. The van der Waals surface area contributed by atoms with Crippen LogP contribution in [0.3, 0.4) is 0 Å². The van der Waals surface area contributed by atoms with Gasteiger partial charge in [-0.1, -0.05) is 50.2 Å². The van der Waals surface area contributed by atoms with E-state index in [1.807, 2.05) is 24.4 Å². The van der Waals surface area contributed by atoms with Crippen LogP contribution in [-0.4, -0.2) is 14.7 Å². The van der Waals surface area contributed by atoms with Gasteiger partial charge in [-0.15, -0.1) is 0 Å². The maximum Gasteiger partial charge on any atom is 0.439 e. The van der Waals surface area contributed by atoms with Crippen LogP contribution in [0.4, 0.5) is 0 Å². The fraction of sp³-hybridized carbons (Fsp3) is 0.227. The second-order valence-corrected chi connectivity index (χ2v) is 7.90. The summed E-state index contributed by atoms with van der Waals surface area (Å²) in [5.41, 5.74) is 4.80. The van der Waals surface area contributed by atoms with Gasteiger partial charge in [-0.3, -0.25) is 9.51 Å². The fourth-order valence-corrected chi connectivity index (χ4v) is 3.33. The molecule has 2 heterocycles. The number of benzene rings is 2. The van der Waals surface area contributed by atoms with Crippen molar-refractivity contribution >= 4 is 10.9 Å². The number of aromatic nitrogens is 3. The molecule has 1 N–H and O–H groups in total. The smallest absolute Gasteiger partial charge is 0.342 e. The van der Waals surface area contributed by atoms with Crippen LogP contribution in [0.1, 0.15) is 37.5 Å². The summed E-state index contributed by atoms with van der Waals surface area (Å²) < 4.78 is 6.64. The third-order valence-corrected chi connectivity index (χ3v) is 4.89. The van der Waals surface area contributed by atoms with E-state index in [0.717, 1.165) is 10.9 Å². The lowest BCUT2D eigenvalue weighted by Crippen LogP contribution is -2.10. The third-order valence-electron chi connectivity index (χ3n) is 4.89. The van der Waals surface area contributed by atoms with Crippen molar-refractivity contribution in [3.05, 3.63) is 75.9 Å². The molecule has 0 radical (unpaired) electrons. The van der Waals surface area contributed by atoms with Gasteiger partial charge in [0, 0.05) is 29.2 Å². The highest BCUT2D eigenvalue weighted by Gasteiger charge is 2.14. The van der Waals surface area contributed by atoms with Gasteiger partial charge in [-0.2, -0.15) is 5.26 Å². The van der Waals surface area contributed by atoms with E-state index in [2.05, 4.69) is 70.3 Å². The normalized spacial score (nSPS) is 11.6. The second-order valence-electron chi connectivity index (χ2n) is 7.90. The summed E-state index contributed by atoms with van der Waals surface area (Å²) in [6, 6.07) is 16.5. The average molecular weight is 372 g/mol. The Labute approximate surface area is 162 Å². The molecule has 0 aliphatic heterocycles. The van der Waals surface area contributed by atoms with Crippen LogP contribution in [-0.2, 0) is 12.0 Å². The molecule has 0 aliphatic carbocycles. The van der Waals surface area contributed by atoms with Crippen molar-refractivity contribution in [3.8, 4) is 17.5 Å². The van der Waals surface area contributed by atoms with E-state index in [4.69, 9.17) is 0 Å². The SMILES string of the molecule is CC(C)(C)c1ccc(Cn2cc(C#N)c3cc(-c4noc(=O)[nH]4)ccc32)cc1. The summed E-state index contributed by atoms with van der Waals surface area (Å²) >= 11 is 0. The van der Waals surface area contributed by atoms with Crippen molar-refractivity contribution in [2.45, 2.75) is 32.7 Å². The number of aromatic amines is 1. The lowest BCUT2D eigenvalue weighted by molar-refractivity contribution is 0.388. The highest BCUT2D eigenvalue weighted by atomic mass is 16.5. The van der Waals surface area contributed by atoms with E-state index in [1.165, 1.54) is 11.1 Å². The standard InChI is InChI=1S/C22H20N4O2/c1-22(2,3)17-7-4-14(5-8-17)12-26-13-16(11-23)18-10-15(6-9-19(18)26)20-24-21(27)28-25-20/h4-10,13H,12H2,1-3H3,(H,24,25,27). The molecule has 140 valence electrons. The monoisotopic (exact) mass is 372 g/mol. The van der Waals surface area contributed by atoms with Crippen LogP contribution in [0.5, 0.6) is 0 Å². The van der Waals surface area contributed by atoms with Gasteiger partial charge in [-0.25, -0.2) is 4.79 Å². The zero-order chi connectivity index (χ0) is 19.9. The van der Waals surface area contributed by atoms with Gasteiger partial charge < -0.3 is 4.57 Å². The number of hydrogen-bond donors (Lipinski definition) is 1. The van der Waals surface area contributed by atoms with Crippen LogP contribution in [0.15, 0.2) is 58.0 Å². The number of nitrogens with zero attached hydrogens (tertiary/aromatic N) is 3. The Balaban J connectivity index is 1.72. The first kappa shape index (κ1) is 17.8. The maximum atomic E-state index is 11.2. The molecule has 0 amide bonds. The number of H-pyrrole nitrogens is 1. The van der Waals surface area contributed by atoms with Crippen molar-refractivity contribution < 1.29 is 4.52 Å². The second kappa shape index (κ2) is 6.54. The van der Waals surface area contributed by atoms with E-state index in [9.17, 15) is 10.1 Å². The Morgan fingerprint density at radius 3 is 2.54 bits per heavy atom. The van der Waals surface area contributed by atoms with Crippen LogP contribution in [0.2, 0.25) is 0 Å². The summed E-state index contributed by atoms with van der Waals surface area (Å²) in [5.74, 6) is -0.256. The van der Waals surface area contributed by atoms with Gasteiger partial charge in [0.1, 0.15) is 6.07 Å². The minimum absolute atomic E-state index is 0.116. The zero-order valence-corrected chi connectivity index (χ0v) is 16.0. The zero-order valence-electron chi connectivity index (χ0n) is 16.0. The van der Waals surface area contributed by atoms with E-state index in [-0.39, 0.29) is 5.41 Å². The van der Waals surface area contributed by atoms with Gasteiger partial charge >= 0.3 is 5.76 Å². The number of hydrogen-bond acceptors (Lipinski definition) is 4. The van der Waals surface area contributed by atoms with Gasteiger partial charge in [0.15, 0.2) is 5.82 Å². The van der Waals surface area contributed by atoms with Crippen molar-refractivity contribution in [3.63, 3.8) is 0 Å². The molecule has 0 unspecified atom stereocenters. The highest BCUT2D eigenvalue weighted by Crippen LogP contribution is 2.27. The minimum Gasteiger partial charge on any atom is -0.342 e. The topological polar surface area (TPSA) is 87.6 Å². The summed E-state index contributed by atoms with van der Waals surface area (Å²) in [6.45, 7) is 7.25. The summed E-state index contributed by atoms with van der Waals surface area (Å²) in [5, 5.41) is 14.1. The molecular weight excluding hydrogens is 352 g/mol. The Bertz CT molecular complexity index is 1240. The molecule has 2 aromatic carbocycles. The molecule has 28 heavy (non-hydrogen) atoms. The molecule has 4 rings (SSSR count). The van der Waals surface area contributed by atoms with Crippen molar-refractivity contribution in [1.82, 2.24) is 14.7 Å². The fourth-order valence-electron chi connectivity index (χ4n) is 3.33. The molecule has 2 aromatic heterocycles. The van der Waals surface area contributed by atoms with E-state index in [0.29, 0.717) is 23.5 Å². The van der Waals surface area contributed by atoms with Crippen LogP contribution in [0, 0.1) is 11.3 Å². The van der Waals surface area contributed by atoms with Gasteiger partial charge in [0.25, 0.3) is 0 Å². The summed E-state index contributed by atoms with van der Waals surface area (Å²) in [4.78, 5) is 13.7. The van der Waals surface area contributed by atoms with Crippen LogP contribution < -0.4 is 5.76 Å². The minimum atomic E-state index is -0.605. The molecule has 0 atom stereocenters. The molecule has 0 fully saturated rings. The summed E-state index contributed by atoms with van der Waals surface area (Å²) in [6.07, 6.45) is 1.86. The number of fused-ring (bicyclic) bond motifs is 1. The van der Waals surface area contributed by atoms with E-state index < -0.39 is 5.76 Å². The molecule has 0 spiro atoms. The van der Waals surface area contributed by atoms with Crippen LogP contribution in [0.25, 0.3) is 22.3 Å². The van der Waals surface area contributed by atoms with Crippen LogP contribution >= 0.6 is 0 Å².